The van der Waals surface area contributed by atoms with Crippen molar-refractivity contribution in [3.05, 3.63) is 96.4 Å². The van der Waals surface area contributed by atoms with E-state index >= 15 is 0 Å². The largest absolute Gasteiger partial charge is 0.450 e. The molecule has 5 N–H and O–H groups in total. The molecule has 0 aliphatic carbocycles. The molecule has 12 heteroatoms. The molecule has 0 atom stereocenters. The zero-order chi connectivity index (χ0) is 23.1. The van der Waals surface area contributed by atoms with Gasteiger partial charge in [-0.25, -0.2) is 4.98 Å². The van der Waals surface area contributed by atoms with Gasteiger partial charge in [-0.1, -0.05) is 23.2 Å². The van der Waals surface area contributed by atoms with Crippen LogP contribution in [0.25, 0.3) is 0 Å². The van der Waals surface area contributed by atoms with Crippen LogP contribution in [-0.2, 0) is 0 Å². The number of rotatable bonds is 4. The Labute approximate surface area is 195 Å². The van der Waals surface area contributed by atoms with Crippen LogP contribution in [0.2, 0.25) is 10.0 Å². The number of nitrogens with one attached hydrogen (secondary N) is 3. The van der Waals surface area contributed by atoms with Crippen LogP contribution in [0, 0.1) is 4.77 Å². The first-order valence-corrected chi connectivity index (χ1v) is 10.0. The summed E-state index contributed by atoms with van der Waals surface area (Å²) in [5.74, 6) is 1.31. The third-order valence-electron chi connectivity index (χ3n) is 3.65. The molecule has 0 aliphatic rings. The first-order valence-electron chi connectivity index (χ1n) is 8.84. The summed E-state index contributed by atoms with van der Waals surface area (Å²) in [5, 5.41) is 1.20. The second-order valence-electron chi connectivity index (χ2n) is 6.01. The lowest BCUT2D eigenvalue weighted by molar-refractivity contribution is 0.471. The van der Waals surface area contributed by atoms with Gasteiger partial charge in [0.25, 0.3) is 11.1 Å². The number of halogens is 2. The molecule has 2 heterocycles. The van der Waals surface area contributed by atoms with E-state index in [-0.39, 0.29) is 27.8 Å². The molecule has 0 saturated carbocycles. The van der Waals surface area contributed by atoms with Gasteiger partial charge >= 0.3 is 0 Å². The fourth-order valence-corrected chi connectivity index (χ4v) is 2.61. The van der Waals surface area contributed by atoms with Crippen LogP contribution in [0.5, 0.6) is 23.0 Å². The van der Waals surface area contributed by atoms with Crippen LogP contribution >= 0.6 is 35.4 Å². The van der Waals surface area contributed by atoms with Crippen molar-refractivity contribution < 1.29 is 9.47 Å². The van der Waals surface area contributed by atoms with Crippen molar-refractivity contribution >= 4 is 41.4 Å². The van der Waals surface area contributed by atoms with Gasteiger partial charge in [0.2, 0.25) is 11.5 Å². The number of aromatic nitrogens is 4. The predicted molar refractivity (Wildman–Crippen MR) is 125 cm³/mol. The van der Waals surface area contributed by atoms with Crippen LogP contribution < -0.4 is 26.3 Å². The number of anilines is 1. The van der Waals surface area contributed by atoms with Crippen LogP contribution in [0.3, 0.4) is 0 Å². The molecule has 0 aliphatic heterocycles. The van der Waals surface area contributed by atoms with E-state index in [1.165, 1.54) is 12.4 Å². The fraction of sp³-hybridized carbons (Fsp3) is 0. The molecule has 2 aromatic heterocycles. The molecule has 4 aromatic rings. The minimum Gasteiger partial charge on any atom is -0.450 e. The Hall–Kier alpha value is -3.60. The van der Waals surface area contributed by atoms with Crippen molar-refractivity contribution in [2.45, 2.75) is 0 Å². The molecule has 164 valence electrons. The van der Waals surface area contributed by atoms with E-state index in [2.05, 4.69) is 19.9 Å². The zero-order valence-corrected chi connectivity index (χ0v) is 18.4. The molecular formula is C20H15Cl2N5O4S. The van der Waals surface area contributed by atoms with E-state index in [4.69, 9.17) is 50.6 Å². The number of H-pyrrole nitrogens is 3. The minimum absolute atomic E-state index is 0.0495. The number of benzene rings is 2. The number of hydrogen-bond donors (Lipinski definition) is 4. The SMILES string of the molecule is Nc1ncc(Oc2ccc(Cl)cc2)c(=O)[nH]1.O=c1[nH]c(=S)[nH]cc1Oc1ccc(Cl)cc1. The van der Waals surface area contributed by atoms with Gasteiger partial charge in [0.15, 0.2) is 10.7 Å². The lowest BCUT2D eigenvalue weighted by Crippen LogP contribution is -2.12. The Morgan fingerprint density at radius 2 is 1.31 bits per heavy atom. The van der Waals surface area contributed by atoms with Gasteiger partial charge in [-0.15, -0.1) is 0 Å². The summed E-state index contributed by atoms with van der Waals surface area (Å²) in [4.78, 5) is 34.0. The number of aromatic amines is 3. The fourth-order valence-electron chi connectivity index (χ4n) is 2.20. The summed E-state index contributed by atoms with van der Waals surface area (Å²) in [6.07, 6.45) is 2.68. The lowest BCUT2D eigenvalue weighted by Gasteiger charge is -2.03. The minimum atomic E-state index is -0.428. The molecule has 0 spiro atoms. The normalized spacial score (nSPS) is 10.1. The van der Waals surface area contributed by atoms with Crippen LogP contribution in [0.4, 0.5) is 5.95 Å². The first-order chi connectivity index (χ1) is 15.3. The van der Waals surface area contributed by atoms with Gasteiger partial charge < -0.3 is 20.2 Å². The summed E-state index contributed by atoms with van der Waals surface area (Å²) in [6.45, 7) is 0. The van der Waals surface area contributed by atoms with Gasteiger partial charge in [0.1, 0.15) is 11.5 Å². The number of nitrogens with two attached hydrogens (primary N) is 1. The van der Waals surface area contributed by atoms with E-state index in [9.17, 15) is 9.59 Å². The van der Waals surface area contributed by atoms with E-state index in [0.29, 0.717) is 21.5 Å². The Kier molecular flexibility index (Phi) is 7.66. The predicted octanol–water partition coefficient (Wildman–Crippen LogP) is 4.68. The molecule has 0 amide bonds. The molecule has 0 unspecified atom stereocenters. The Bertz CT molecular complexity index is 1370. The van der Waals surface area contributed by atoms with Gasteiger partial charge in [-0.05, 0) is 60.7 Å². The molecule has 0 radical (unpaired) electrons. The highest BCUT2D eigenvalue weighted by Gasteiger charge is 2.04. The summed E-state index contributed by atoms with van der Waals surface area (Å²) >= 11 is 16.2. The Morgan fingerprint density at radius 1 is 0.812 bits per heavy atom. The van der Waals surface area contributed by atoms with Crippen LogP contribution in [-0.4, -0.2) is 19.9 Å². The summed E-state index contributed by atoms with van der Waals surface area (Å²) in [5.41, 5.74) is 4.50. The second-order valence-corrected chi connectivity index (χ2v) is 7.29. The molecule has 32 heavy (non-hydrogen) atoms. The van der Waals surface area contributed by atoms with Crippen molar-refractivity contribution in [1.29, 1.82) is 0 Å². The quantitative estimate of drug-likeness (QED) is 0.304. The molecule has 2 aromatic carbocycles. The maximum atomic E-state index is 11.4. The number of hydrogen-bond acceptors (Lipinski definition) is 7. The lowest BCUT2D eigenvalue weighted by atomic mass is 10.3. The third-order valence-corrected chi connectivity index (χ3v) is 4.38. The monoisotopic (exact) mass is 491 g/mol. The molecule has 0 bridgehead atoms. The maximum absolute atomic E-state index is 11.4. The summed E-state index contributed by atoms with van der Waals surface area (Å²) in [7, 11) is 0. The highest BCUT2D eigenvalue weighted by molar-refractivity contribution is 7.71. The average Bonchev–Trinajstić information content (AvgIpc) is 2.76. The van der Waals surface area contributed by atoms with Crippen molar-refractivity contribution in [3.8, 4) is 23.0 Å². The number of nitrogen functional groups attached to an aromatic ring is 1. The topological polar surface area (TPSA) is 139 Å². The van der Waals surface area contributed by atoms with Crippen LogP contribution in [0.1, 0.15) is 0 Å². The molecule has 0 saturated heterocycles. The van der Waals surface area contributed by atoms with Crippen molar-refractivity contribution in [2.24, 2.45) is 0 Å². The second kappa shape index (κ2) is 10.6. The van der Waals surface area contributed by atoms with Gasteiger partial charge in [0.05, 0.1) is 12.4 Å². The van der Waals surface area contributed by atoms with Crippen molar-refractivity contribution in [1.82, 2.24) is 19.9 Å². The number of ether oxygens (including phenoxy) is 2. The standard InChI is InChI=1S/C10H8ClN3O2.C10H7ClN2O2S/c11-6-1-3-7(4-2-6)16-8-5-13-10(12)14-9(8)15;11-6-1-3-7(4-2-6)15-8-5-12-10(16)13-9(8)14/h1-5H,(H3,12,13,14,15);1-5H,(H2,12,13,14,16). The number of nitrogens with zero attached hydrogens (tertiary/aromatic N) is 1. The van der Waals surface area contributed by atoms with E-state index in [1.807, 2.05) is 0 Å². The smallest absolute Gasteiger partial charge is 0.295 e. The average molecular weight is 492 g/mol. The summed E-state index contributed by atoms with van der Waals surface area (Å²) in [6, 6.07) is 13.3. The Morgan fingerprint density at radius 3 is 1.81 bits per heavy atom. The molecule has 4 rings (SSSR count). The van der Waals surface area contributed by atoms with Crippen molar-refractivity contribution in [3.63, 3.8) is 0 Å². The molecule has 9 nitrogen and oxygen atoms in total. The van der Waals surface area contributed by atoms with Crippen LogP contribution in [0.15, 0.2) is 70.5 Å². The van der Waals surface area contributed by atoms with Gasteiger partial charge in [-0.3, -0.25) is 19.6 Å². The van der Waals surface area contributed by atoms with Crippen molar-refractivity contribution in [2.75, 3.05) is 5.73 Å². The van der Waals surface area contributed by atoms with E-state index in [1.54, 1.807) is 48.5 Å². The maximum Gasteiger partial charge on any atom is 0.295 e. The first kappa shape index (κ1) is 23.1. The van der Waals surface area contributed by atoms with Gasteiger partial charge in [-0.2, -0.15) is 0 Å². The van der Waals surface area contributed by atoms with Gasteiger partial charge in [0, 0.05) is 10.0 Å². The third kappa shape index (κ3) is 6.71. The van der Waals surface area contributed by atoms with E-state index < -0.39 is 5.56 Å². The summed E-state index contributed by atoms with van der Waals surface area (Å²) < 4.78 is 10.9. The Balaban J connectivity index is 0.000000181. The zero-order valence-electron chi connectivity index (χ0n) is 16.1. The van der Waals surface area contributed by atoms with E-state index in [0.717, 1.165) is 0 Å². The highest BCUT2D eigenvalue weighted by atomic mass is 35.5. The molecular weight excluding hydrogens is 477 g/mol. The highest BCUT2D eigenvalue weighted by Crippen LogP contribution is 2.20. The molecule has 0 fully saturated rings.